The number of nitrogens with zero attached hydrogens (tertiary/aromatic N) is 1. The van der Waals surface area contributed by atoms with Crippen molar-refractivity contribution < 1.29 is 9.59 Å². The van der Waals surface area contributed by atoms with Crippen molar-refractivity contribution in [3.63, 3.8) is 0 Å². The smallest absolute Gasteiger partial charge is 0.318 e. The Kier molecular flexibility index (Phi) is 8.05. The molecule has 0 spiro atoms. The van der Waals surface area contributed by atoms with Crippen molar-refractivity contribution in [1.82, 2.24) is 20.5 Å². The fraction of sp³-hybridized carbons (Fsp3) is 0.353. The Balaban J connectivity index is 1.20. The van der Waals surface area contributed by atoms with E-state index in [-0.39, 0.29) is 17.9 Å². The molecule has 4 aromatic rings. The van der Waals surface area contributed by atoms with Crippen molar-refractivity contribution in [2.75, 3.05) is 31.5 Å². The molecule has 6 rings (SSSR count). The van der Waals surface area contributed by atoms with Gasteiger partial charge in [-0.1, -0.05) is 61.5 Å². The molecule has 0 aliphatic carbocycles. The van der Waals surface area contributed by atoms with Gasteiger partial charge in [-0.3, -0.25) is 4.79 Å². The topological polar surface area (TPSA) is 89.3 Å². The van der Waals surface area contributed by atoms with E-state index in [1.165, 1.54) is 16.7 Å². The molecule has 2 aliphatic rings. The number of benzene rings is 3. The Labute approximate surface area is 241 Å². The third kappa shape index (κ3) is 6.00. The van der Waals surface area contributed by atoms with Gasteiger partial charge in [0.15, 0.2) is 0 Å². The van der Waals surface area contributed by atoms with E-state index >= 15 is 0 Å². The molecule has 1 saturated heterocycles. The first kappa shape index (κ1) is 27.1. The lowest BCUT2D eigenvalue weighted by molar-refractivity contribution is -0.118. The molecule has 3 aromatic carbocycles. The van der Waals surface area contributed by atoms with Crippen molar-refractivity contribution >= 4 is 28.5 Å². The molecule has 0 unspecified atom stereocenters. The van der Waals surface area contributed by atoms with Gasteiger partial charge in [0.2, 0.25) is 5.91 Å². The van der Waals surface area contributed by atoms with E-state index in [0.717, 1.165) is 60.9 Å². The van der Waals surface area contributed by atoms with Gasteiger partial charge in [-0.05, 0) is 85.1 Å². The Morgan fingerprint density at radius 1 is 0.902 bits per heavy atom. The summed E-state index contributed by atoms with van der Waals surface area (Å²) in [5.74, 6) is -0.00289. The number of aromatic amines is 1. The first-order chi connectivity index (χ1) is 20.1. The Morgan fingerprint density at radius 2 is 1.63 bits per heavy atom. The number of hydrogen-bond acceptors (Lipinski definition) is 3. The van der Waals surface area contributed by atoms with Crippen LogP contribution in [-0.4, -0.2) is 54.0 Å². The number of nitrogens with one attached hydrogen (secondary N) is 4. The van der Waals surface area contributed by atoms with Gasteiger partial charge < -0.3 is 25.8 Å². The molecule has 7 heteroatoms. The SMILES string of the molecule is C[C@H](c1c[nH]c2ccccc12)[C@@H](NC(=O)N1CCC(c2ccccc2)CC1)C(=O)Nc1ccc2c(c1)CCNCC2. The molecule has 1 aromatic heterocycles. The number of likely N-dealkylation sites (tertiary alicyclic amines) is 1. The fourth-order valence-electron chi connectivity index (χ4n) is 6.40. The van der Waals surface area contributed by atoms with Crippen molar-refractivity contribution in [3.05, 3.63) is 101 Å². The van der Waals surface area contributed by atoms with Gasteiger partial charge in [0.25, 0.3) is 0 Å². The first-order valence-corrected chi connectivity index (χ1v) is 14.9. The van der Waals surface area contributed by atoms with E-state index in [4.69, 9.17) is 0 Å². The molecule has 0 saturated carbocycles. The molecule has 2 aliphatic heterocycles. The highest BCUT2D eigenvalue weighted by Gasteiger charge is 2.32. The number of urea groups is 1. The Bertz CT molecular complexity index is 1510. The number of hydrogen-bond donors (Lipinski definition) is 4. The number of fused-ring (bicyclic) bond motifs is 2. The molecule has 1 fully saturated rings. The molecule has 0 bridgehead atoms. The number of rotatable bonds is 6. The summed E-state index contributed by atoms with van der Waals surface area (Å²) in [5.41, 5.74) is 6.71. The molecule has 3 amide bonds. The third-order valence-electron chi connectivity index (χ3n) is 8.84. The van der Waals surface area contributed by atoms with Crippen molar-refractivity contribution in [2.45, 2.75) is 50.5 Å². The average Bonchev–Trinajstić information content (AvgIpc) is 3.31. The molecular formula is C34H39N5O2. The van der Waals surface area contributed by atoms with Gasteiger partial charge in [-0.15, -0.1) is 0 Å². The molecule has 2 atom stereocenters. The highest BCUT2D eigenvalue weighted by atomic mass is 16.2. The number of carbonyl (C=O) groups is 2. The van der Waals surface area contributed by atoms with Crippen LogP contribution in [0.15, 0.2) is 79.0 Å². The number of aromatic nitrogens is 1. The maximum atomic E-state index is 13.9. The van der Waals surface area contributed by atoms with Crippen LogP contribution in [-0.2, 0) is 17.6 Å². The molecule has 7 nitrogen and oxygen atoms in total. The van der Waals surface area contributed by atoms with Crippen LogP contribution in [0.3, 0.4) is 0 Å². The van der Waals surface area contributed by atoms with Gasteiger partial charge in [0, 0.05) is 41.8 Å². The normalized spacial score (nSPS) is 17.3. The molecule has 212 valence electrons. The summed E-state index contributed by atoms with van der Waals surface area (Å²) < 4.78 is 0. The third-order valence-corrected chi connectivity index (χ3v) is 8.84. The van der Waals surface area contributed by atoms with E-state index in [9.17, 15) is 9.59 Å². The average molecular weight is 550 g/mol. The summed E-state index contributed by atoms with van der Waals surface area (Å²) in [6.45, 7) is 5.25. The van der Waals surface area contributed by atoms with Crippen LogP contribution in [0.4, 0.5) is 10.5 Å². The quantitative estimate of drug-likeness (QED) is 0.254. The maximum Gasteiger partial charge on any atom is 0.318 e. The Hall–Kier alpha value is -4.10. The van der Waals surface area contributed by atoms with Crippen LogP contribution in [0.1, 0.15) is 53.9 Å². The van der Waals surface area contributed by atoms with E-state index in [1.807, 2.05) is 48.4 Å². The predicted molar refractivity (Wildman–Crippen MR) is 164 cm³/mol. The molecular weight excluding hydrogens is 510 g/mol. The Morgan fingerprint density at radius 3 is 2.44 bits per heavy atom. The van der Waals surface area contributed by atoms with E-state index in [1.54, 1.807) is 0 Å². The van der Waals surface area contributed by atoms with Crippen molar-refractivity contribution in [2.24, 2.45) is 0 Å². The number of carbonyl (C=O) groups excluding carboxylic acids is 2. The second-order valence-corrected chi connectivity index (χ2v) is 11.4. The molecule has 41 heavy (non-hydrogen) atoms. The van der Waals surface area contributed by atoms with Gasteiger partial charge in [-0.2, -0.15) is 0 Å². The van der Waals surface area contributed by atoms with Crippen LogP contribution in [0, 0.1) is 0 Å². The van der Waals surface area contributed by atoms with Crippen LogP contribution < -0.4 is 16.0 Å². The molecule has 0 radical (unpaired) electrons. The van der Waals surface area contributed by atoms with E-state index in [0.29, 0.717) is 19.0 Å². The zero-order valence-corrected chi connectivity index (χ0v) is 23.7. The lowest BCUT2D eigenvalue weighted by atomic mass is 9.89. The largest absolute Gasteiger partial charge is 0.361 e. The monoisotopic (exact) mass is 549 g/mol. The minimum atomic E-state index is -0.742. The van der Waals surface area contributed by atoms with Gasteiger partial charge in [0.1, 0.15) is 6.04 Å². The van der Waals surface area contributed by atoms with Gasteiger partial charge in [0.05, 0.1) is 0 Å². The van der Waals surface area contributed by atoms with E-state index < -0.39 is 6.04 Å². The summed E-state index contributed by atoms with van der Waals surface area (Å²) in [4.78, 5) is 32.7. The van der Waals surface area contributed by atoms with Crippen molar-refractivity contribution in [1.29, 1.82) is 0 Å². The summed E-state index contributed by atoms with van der Waals surface area (Å²) in [6, 6.07) is 23.9. The first-order valence-electron chi connectivity index (χ1n) is 14.9. The number of para-hydroxylation sites is 1. The molecule has 4 N–H and O–H groups in total. The maximum absolute atomic E-state index is 13.9. The number of piperidine rings is 1. The minimum Gasteiger partial charge on any atom is -0.361 e. The van der Waals surface area contributed by atoms with Crippen LogP contribution in [0.2, 0.25) is 0 Å². The predicted octanol–water partition coefficient (Wildman–Crippen LogP) is 5.56. The number of H-pyrrole nitrogens is 1. The zero-order valence-electron chi connectivity index (χ0n) is 23.7. The summed E-state index contributed by atoms with van der Waals surface area (Å²) >= 11 is 0. The lowest BCUT2D eigenvalue weighted by Crippen LogP contribution is -2.53. The van der Waals surface area contributed by atoms with Crippen molar-refractivity contribution in [3.8, 4) is 0 Å². The zero-order chi connectivity index (χ0) is 28.2. The summed E-state index contributed by atoms with van der Waals surface area (Å²) in [5, 5.41) is 10.8. The second-order valence-electron chi connectivity index (χ2n) is 11.4. The highest BCUT2D eigenvalue weighted by molar-refractivity contribution is 5.98. The van der Waals surface area contributed by atoms with Gasteiger partial charge in [-0.25, -0.2) is 4.79 Å². The van der Waals surface area contributed by atoms with E-state index in [2.05, 4.69) is 63.4 Å². The van der Waals surface area contributed by atoms with Crippen LogP contribution in [0.25, 0.3) is 10.9 Å². The summed E-state index contributed by atoms with van der Waals surface area (Å²) in [7, 11) is 0. The number of anilines is 1. The number of amides is 3. The highest BCUT2D eigenvalue weighted by Crippen LogP contribution is 2.30. The standard InChI is InChI=1S/C34H39N5O2/c1-23(30-22-36-31-10-6-5-9-29(30)31)32(33(40)37-28-12-11-25-13-17-35-18-14-27(25)21-28)38-34(41)39-19-15-26(16-20-39)24-7-3-2-4-8-24/h2-12,21-23,26,32,35-36H,13-20H2,1H3,(H,37,40)(H,38,41)/t23-,32-/m1/s1. The van der Waals surface area contributed by atoms with Gasteiger partial charge >= 0.3 is 6.03 Å². The molecule has 3 heterocycles. The minimum absolute atomic E-state index is 0.184. The summed E-state index contributed by atoms with van der Waals surface area (Å²) in [6.07, 6.45) is 5.71. The van der Waals surface area contributed by atoms with Crippen LogP contribution in [0.5, 0.6) is 0 Å². The van der Waals surface area contributed by atoms with Crippen LogP contribution >= 0.6 is 0 Å². The fourth-order valence-corrected chi connectivity index (χ4v) is 6.40. The lowest BCUT2D eigenvalue weighted by Gasteiger charge is -2.34. The second kappa shape index (κ2) is 12.2.